The van der Waals surface area contributed by atoms with Crippen LogP contribution in [0, 0.1) is 0 Å². The van der Waals surface area contributed by atoms with Crippen LogP contribution in [-0.4, -0.2) is 24.5 Å². The van der Waals surface area contributed by atoms with Crippen LogP contribution in [0.25, 0.3) is 0 Å². The lowest BCUT2D eigenvalue weighted by Crippen LogP contribution is -2.15. The van der Waals surface area contributed by atoms with Crippen LogP contribution < -0.4 is 4.72 Å². The van der Waals surface area contributed by atoms with Crippen LogP contribution >= 0.6 is 22.9 Å². The van der Waals surface area contributed by atoms with Gasteiger partial charge in [-0.25, -0.2) is 13.2 Å². The molecule has 0 aliphatic carbocycles. The number of anilines is 1. The number of halogens is 1. The maximum Gasteiger partial charge on any atom is 0.347 e. The molecule has 0 aromatic carbocycles. The molecule has 0 bridgehead atoms. The molecule has 0 radical (unpaired) electrons. The standard InChI is InChI=1S/C10H7ClN2O4S2/c11-6-1-3-12-5-7(6)13-19(16,17)8-2-4-18-9(8)10(14)15/h1-5,13H,(H,14,15). The fourth-order valence-electron chi connectivity index (χ4n) is 1.32. The molecule has 9 heteroatoms. The summed E-state index contributed by atoms with van der Waals surface area (Å²) in [5, 5.41) is 10.5. The second kappa shape index (κ2) is 5.16. The van der Waals surface area contributed by atoms with E-state index in [1.165, 1.54) is 29.9 Å². The molecule has 0 unspecified atom stereocenters. The lowest BCUT2D eigenvalue weighted by molar-refractivity contribution is 0.0698. The molecule has 2 aromatic rings. The number of aromatic carboxylic acids is 1. The first-order chi connectivity index (χ1) is 8.92. The molecular formula is C10H7ClN2O4S2. The van der Waals surface area contributed by atoms with E-state index in [0.29, 0.717) is 0 Å². The highest BCUT2D eigenvalue weighted by atomic mass is 35.5. The van der Waals surface area contributed by atoms with Crippen LogP contribution in [-0.2, 0) is 10.0 Å². The summed E-state index contributed by atoms with van der Waals surface area (Å²) in [6.07, 6.45) is 2.65. The Morgan fingerprint density at radius 1 is 1.42 bits per heavy atom. The third kappa shape index (κ3) is 2.86. The predicted octanol–water partition coefficient (Wildman–Crippen LogP) is 2.30. The van der Waals surface area contributed by atoms with Gasteiger partial charge in [-0.15, -0.1) is 11.3 Å². The van der Waals surface area contributed by atoms with Gasteiger partial charge in [0, 0.05) is 6.20 Å². The van der Waals surface area contributed by atoms with Crippen LogP contribution in [0.15, 0.2) is 34.8 Å². The minimum atomic E-state index is -4.01. The molecule has 2 heterocycles. The summed E-state index contributed by atoms with van der Waals surface area (Å²) < 4.78 is 26.4. The molecule has 0 atom stereocenters. The summed E-state index contributed by atoms with van der Waals surface area (Å²) >= 11 is 6.65. The number of rotatable bonds is 4. The number of pyridine rings is 1. The Morgan fingerprint density at radius 2 is 2.16 bits per heavy atom. The van der Waals surface area contributed by atoms with E-state index < -0.39 is 16.0 Å². The molecule has 2 rings (SSSR count). The predicted molar refractivity (Wildman–Crippen MR) is 71.3 cm³/mol. The summed E-state index contributed by atoms with van der Waals surface area (Å²) in [6, 6.07) is 2.64. The fourth-order valence-corrected chi connectivity index (χ4v) is 3.85. The van der Waals surface area contributed by atoms with Gasteiger partial charge in [0.2, 0.25) is 0 Å². The molecule has 2 aromatic heterocycles. The molecule has 19 heavy (non-hydrogen) atoms. The summed E-state index contributed by atoms with van der Waals surface area (Å²) in [7, 11) is -4.01. The summed E-state index contributed by atoms with van der Waals surface area (Å²) in [6.45, 7) is 0. The summed E-state index contributed by atoms with van der Waals surface area (Å²) in [5.41, 5.74) is 0.0895. The van der Waals surface area contributed by atoms with E-state index in [4.69, 9.17) is 16.7 Å². The minimum absolute atomic E-state index is 0.0895. The van der Waals surface area contributed by atoms with Crippen molar-refractivity contribution in [1.29, 1.82) is 0 Å². The molecule has 0 aliphatic heterocycles. The van der Waals surface area contributed by atoms with Crippen molar-refractivity contribution in [2.75, 3.05) is 4.72 Å². The quantitative estimate of drug-likeness (QED) is 0.901. The van der Waals surface area contributed by atoms with Gasteiger partial charge in [0.05, 0.1) is 16.9 Å². The van der Waals surface area contributed by atoms with Crippen LogP contribution in [0.2, 0.25) is 5.02 Å². The zero-order valence-corrected chi connectivity index (χ0v) is 11.6. The zero-order valence-electron chi connectivity index (χ0n) is 9.20. The minimum Gasteiger partial charge on any atom is -0.477 e. The number of carbonyl (C=O) groups is 1. The molecule has 2 N–H and O–H groups in total. The Balaban J connectivity index is 2.41. The first kappa shape index (κ1) is 13.8. The van der Waals surface area contributed by atoms with Gasteiger partial charge in [-0.3, -0.25) is 9.71 Å². The Kier molecular flexibility index (Phi) is 3.74. The van der Waals surface area contributed by atoms with E-state index in [2.05, 4.69) is 9.71 Å². The van der Waals surface area contributed by atoms with Gasteiger partial charge in [0.25, 0.3) is 10.0 Å². The highest BCUT2D eigenvalue weighted by molar-refractivity contribution is 7.93. The Bertz CT molecular complexity index is 727. The lowest BCUT2D eigenvalue weighted by Gasteiger charge is -2.08. The van der Waals surface area contributed by atoms with Crippen molar-refractivity contribution in [1.82, 2.24) is 4.98 Å². The Morgan fingerprint density at radius 3 is 2.79 bits per heavy atom. The van der Waals surface area contributed by atoms with E-state index in [0.717, 1.165) is 11.3 Å². The Hall–Kier alpha value is -1.64. The van der Waals surface area contributed by atoms with Gasteiger partial charge in [0.15, 0.2) is 0 Å². The average molecular weight is 319 g/mol. The zero-order chi connectivity index (χ0) is 14.0. The van der Waals surface area contributed by atoms with Crippen LogP contribution in [0.1, 0.15) is 9.67 Å². The molecule has 0 saturated carbocycles. The number of aromatic nitrogens is 1. The number of hydrogen-bond acceptors (Lipinski definition) is 5. The van der Waals surface area contributed by atoms with E-state index in [-0.39, 0.29) is 20.5 Å². The van der Waals surface area contributed by atoms with Gasteiger partial charge < -0.3 is 5.11 Å². The molecular weight excluding hydrogens is 312 g/mol. The van der Waals surface area contributed by atoms with Crippen LogP contribution in [0.3, 0.4) is 0 Å². The van der Waals surface area contributed by atoms with Crippen molar-refractivity contribution >= 4 is 44.6 Å². The molecule has 0 fully saturated rings. The third-order valence-electron chi connectivity index (χ3n) is 2.13. The van der Waals surface area contributed by atoms with Gasteiger partial charge in [-0.1, -0.05) is 11.6 Å². The smallest absolute Gasteiger partial charge is 0.347 e. The van der Waals surface area contributed by atoms with E-state index in [9.17, 15) is 13.2 Å². The maximum atomic E-state index is 12.1. The van der Waals surface area contributed by atoms with Crippen molar-refractivity contribution in [2.45, 2.75) is 4.90 Å². The number of nitrogens with zero attached hydrogens (tertiary/aromatic N) is 1. The normalized spacial score (nSPS) is 11.2. The van der Waals surface area contributed by atoms with Gasteiger partial charge in [-0.05, 0) is 17.5 Å². The van der Waals surface area contributed by atoms with Crippen LogP contribution in [0.5, 0.6) is 0 Å². The fraction of sp³-hybridized carbons (Fsp3) is 0. The topological polar surface area (TPSA) is 96.4 Å². The molecule has 0 spiro atoms. The largest absolute Gasteiger partial charge is 0.477 e. The van der Waals surface area contributed by atoms with Crippen molar-refractivity contribution in [3.63, 3.8) is 0 Å². The van der Waals surface area contributed by atoms with E-state index in [1.807, 2.05) is 0 Å². The maximum absolute atomic E-state index is 12.1. The first-order valence-corrected chi connectivity index (χ1v) is 7.59. The third-order valence-corrected chi connectivity index (χ3v) is 4.89. The highest BCUT2D eigenvalue weighted by Crippen LogP contribution is 2.27. The molecule has 0 amide bonds. The second-order valence-corrected chi connectivity index (χ2v) is 6.35. The number of nitrogens with one attached hydrogen (secondary N) is 1. The molecule has 100 valence electrons. The molecule has 0 saturated heterocycles. The van der Waals surface area contributed by atoms with Crippen molar-refractivity contribution in [3.8, 4) is 0 Å². The average Bonchev–Trinajstić information content (AvgIpc) is 2.82. The second-order valence-electron chi connectivity index (χ2n) is 3.38. The number of sulfonamides is 1. The number of carboxylic acids is 1. The lowest BCUT2D eigenvalue weighted by atomic mass is 10.4. The van der Waals surface area contributed by atoms with Crippen molar-refractivity contribution in [3.05, 3.63) is 39.8 Å². The highest BCUT2D eigenvalue weighted by Gasteiger charge is 2.24. The van der Waals surface area contributed by atoms with Gasteiger partial charge in [-0.2, -0.15) is 0 Å². The summed E-state index contributed by atoms with van der Waals surface area (Å²) in [4.78, 5) is 14.1. The van der Waals surface area contributed by atoms with E-state index >= 15 is 0 Å². The van der Waals surface area contributed by atoms with Crippen LogP contribution in [0.4, 0.5) is 5.69 Å². The number of carboxylic acid groups (broad SMARTS) is 1. The summed E-state index contributed by atoms with van der Waals surface area (Å²) in [5.74, 6) is -1.30. The van der Waals surface area contributed by atoms with Crippen molar-refractivity contribution in [2.24, 2.45) is 0 Å². The first-order valence-electron chi connectivity index (χ1n) is 4.85. The number of hydrogen-bond donors (Lipinski definition) is 2. The van der Waals surface area contributed by atoms with Gasteiger partial charge >= 0.3 is 5.97 Å². The van der Waals surface area contributed by atoms with Gasteiger partial charge in [0.1, 0.15) is 9.77 Å². The monoisotopic (exact) mass is 318 g/mol. The van der Waals surface area contributed by atoms with E-state index in [1.54, 1.807) is 0 Å². The molecule has 0 aliphatic rings. The SMILES string of the molecule is O=C(O)c1sccc1S(=O)(=O)Nc1cnccc1Cl. The number of thiophene rings is 1. The van der Waals surface area contributed by atoms with Crippen molar-refractivity contribution < 1.29 is 18.3 Å². The molecule has 6 nitrogen and oxygen atoms in total. The Labute approximate surface area is 117 Å².